The van der Waals surface area contributed by atoms with E-state index >= 15 is 0 Å². The molecule has 1 atom stereocenters. The molecular weight excluding hydrogens is 304 g/mol. The molecule has 7 nitrogen and oxygen atoms in total. The van der Waals surface area contributed by atoms with Gasteiger partial charge in [-0.15, -0.1) is 0 Å². The standard InChI is InChI=1S/C14H22N4O3S/c19-14(10-15-6-8-17-7-1-5-16-17)18(12-2-3-12)13-4-9-22(20,21)11-13/h1,5,7,12-13,15H,2-4,6,8-11H2. The third kappa shape index (κ3) is 3.86. The summed E-state index contributed by atoms with van der Waals surface area (Å²) in [5.74, 6) is 0.355. The maximum atomic E-state index is 12.4. The number of nitrogens with one attached hydrogen (secondary N) is 1. The lowest BCUT2D eigenvalue weighted by Crippen LogP contribution is -2.46. The van der Waals surface area contributed by atoms with Crippen LogP contribution in [0.25, 0.3) is 0 Å². The minimum absolute atomic E-state index is 0.0186. The van der Waals surface area contributed by atoms with Crippen molar-refractivity contribution in [2.75, 3.05) is 24.6 Å². The van der Waals surface area contributed by atoms with E-state index in [1.807, 2.05) is 17.2 Å². The second-order valence-corrected chi connectivity index (χ2v) is 8.26. The highest BCUT2D eigenvalue weighted by molar-refractivity contribution is 7.91. The van der Waals surface area contributed by atoms with Crippen LogP contribution in [0, 0.1) is 0 Å². The van der Waals surface area contributed by atoms with Crippen molar-refractivity contribution >= 4 is 15.7 Å². The molecule has 2 fully saturated rings. The van der Waals surface area contributed by atoms with Gasteiger partial charge in [-0.1, -0.05) is 0 Å². The molecule has 0 radical (unpaired) electrons. The van der Waals surface area contributed by atoms with Crippen molar-refractivity contribution in [3.63, 3.8) is 0 Å². The van der Waals surface area contributed by atoms with Gasteiger partial charge in [0.05, 0.1) is 24.6 Å². The van der Waals surface area contributed by atoms with Crippen LogP contribution in [-0.2, 0) is 21.2 Å². The Balaban J connectivity index is 1.48. The molecule has 2 aliphatic rings. The summed E-state index contributed by atoms with van der Waals surface area (Å²) in [6, 6.07) is 1.98. The molecule has 122 valence electrons. The van der Waals surface area contributed by atoms with Gasteiger partial charge in [0.15, 0.2) is 9.84 Å². The number of aromatic nitrogens is 2. The third-order valence-electron chi connectivity index (χ3n) is 4.18. The van der Waals surface area contributed by atoms with Crippen LogP contribution >= 0.6 is 0 Å². The van der Waals surface area contributed by atoms with E-state index < -0.39 is 9.84 Å². The largest absolute Gasteiger partial charge is 0.335 e. The Hall–Kier alpha value is -1.41. The number of amides is 1. The molecule has 0 bridgehead atoms. The smallest absolute Gasteiger partial charge is 0.237 e. The molecule has 1 saturated heterocycles. The molecule has 2 heterocycles. The first-order valence-electron chi connectivity index (χ1n) is 7.75. The van der Waals surface area contributed by atoms with Gasteiger partial charge in [0.25, 0.3) is 0 Å². The van der Waals surface area contributed by atoms with Crippen LogP contribution in [0.5, 0.6) is 0 Å². The summed E-state index contributed by atoms with van der Waals surface area (Å²) < 4.78 is 25.1. The van der Waals surface area contributed by atoms with Crippen molar-refractivity contribution in [2.24, 2.45) is 0 Å². The Bertz CT molecular complexity index is 610. The Labute approximate surface area is 130 Å². The summed E-state index contributed by atoms with van der Waals surface area (Å²) in [4.78, 5) is 14.3. The third-order valence-corrected chi connectivity index (χ3v) is 5.93. The summed E-state index contributed by atoms with van der Waals surface area (Å²) in [6.07, 6.45) is 6.17. The van der Waals surface area contributed by atoms with Gasteiger partial charge in [0.1, 0.15) is 0 Å². The van der Waals surface area contributed by atoms with Crippen molar-refractivity contribution in [2.45, 2.75) is 37.9 Å². The number of sulfone groups is 1. The zero-order valence-corrected chi connectivity index (χ0v) is 13.3. The van der Waals surface area contributed by atoms with Crippen molar-refractivity contribution in [3.05, 3.63) is 18.5 Å². The molecule has 1 N–H and O–H groups in total. The lowest BCUT2D eigenvalue weighted by Gasteiger charge is -2.28. The number of rotatable bonds is 7. The Kier molecular flexibility index (Phi) is 4.49. The van der Waals surface area contributed by atoms with Crippen LogP contribution < -0.4 is 5.32 Å². The molecule has 22 heavy (non-hydrogen) atoms. The maximum Gasteiger partial charge on any atom is 0.237 e. The van der Waals surface area contributed by atoms with E-state index in [-0.39, 0.29) is 36.0 Å². The van der Waals surface area contributed by atoms with Crippen molar-refractivity contribution in [3.8, 4) is 0 Å². The Morgan fingerprint density at radius 3 is 2.73 bits per heavy atom. The number of carbonyl (C=O) groups excluding carboxylic acids is 1. The summed E-state index contributed by atoms with van der Waals surface area (Å²) >= 11 is 0. The zero-order chi connectivity index (χ0) is 15.6. The quantitative estimate of drug-likeness (QED) is 0.693. The molecule has 8 heteroatoms. The highest BCUT2D eigenvalue weighted by atomic mass is 32.2. The van der Waals surface area contributed by atoms with Crippen LogP contribution in [0.3, 0.4) is 0 Å². The molecule has 1 aromatic heterocycles. The van der Waals surface area contributed by atoms with Crippen molar-refractivity contribution in [1.82, 2.24) is 20.0 Å². The molecule has 1 saturated carbocycles. The summed E-state index contributed by atoms with van der Waals surface area (Å²) in [5, 5.41) is 7.23. The lowest BCUT2D eigenvalue weighted by atomic mass is 10.2. The summed E-state index contributed by atoms with van der Waals surface area (Å²) in [7, 11) is -2.96. The molecule has 1 aliphatic heterocycles. The first-order valence-corrected chi connectivity index (χ1v) is 9.57. The Morgan fingerprint density at radius 2 is 2.14 bits per heavy atom. The second kappa shape index (κ2) is 6.37. The number of nitrogens with zero attached hydrogens (tertiary/aromatic N) is 3. The minimum Gasteiger partial charge on any atom is -0.335 e. The molecule has 1 amide bonds. The monoisotopic (exact) mass is 326 g/mol. The average molecular weight is 326 g/mol. The van der Waals surface area contributed by atoms with Gasteiger partial charge in [-0.05, 0) is 25.3 Å². The predicted octanol–water partition coefficient (Wildman–Crippen LogP) is -0.349. The molecular formula is C14H22N4O3S. The summed E-state index contributed by atoms with van der Waals surface area (Å²) in [5.41, 5.74) is 0. The second-order valence-electron chi connectivity index (χ2n) is 6.03. The van der Waals surface area contributed by atoms with E-state index in [4.69, 9.17) is 0 Å². The molecule has 1 aliphatic carbocycles. The van der Waals surface area contributed by atoms with E-state index in [0.717, 1.165) is 12.8 Å². The predicted molar refractivity (Wildman–Crippen MR) is 82.0 cm³/mol. The zero-order valence-electron chi connectivity index (χ0n) is 12.5. The van der Waals surface area contributed by atoms with Gasteiger partial charge in [-0.2, -0.15) is 5.10 Å². The van der Waals surface area contributed by atoms with Gasteiger partial charge in [0, 0.05) is 31.0 Å². The Morgan fingerprint density at radius 1 is 1.32 bits per heavy atom. The lowest BCUT2D eigenvalue weighted by molar-refractivity contribution is -0.132. The van der Waals surface area contributed by atoms with E-state index in [1.165, 1.54) is 0 Å². The fourth-order valence-electron chi connectivity index (χ4n) is 2.97. The van der Waals surface area contributed by atoms with Gasteiger partial charge in [0.2, 0.25) is 5.91 Å². The maximum absolute atomic E-state index is 12.4. The topological polar surface area (TPSA) is 84.3 Å². The fourth-order valence-corrected chi connectivity index (χ4v) is 4.68. The molecule has 0 spiro atoms. The number of carbonyl (C=O) groups is 1. The minimum atomic E-state index is -2.96. The van der Waals surface area contributed by atoms with E-state index in [9.17, 15) is 13.2 Å². The average Bonchev–Trinajstić information content (AvgIpc) is 3.02. The van der Waals surface area contributed by atoms with Crippen molar-refractivity contribution < 1.29 is 13.2 Å². The van der Waals surface area contributed by atoms with Crippen LogP contribution in [0.4, 0.5) is 0 Å². The van der Waals surface area contributed by atoms with Gasteiger partial charge >= 0.3 is 0 Å². The van der Waals surface area contributed by atoms with E-state index in [2.05, 4.69) is 10.4 Å². The molecule has 1 aromatic rings. The van der Waals surface area contributed by atoms with Gasteiger partial charge in [-0.3, -0.25) is 9.48 Å². The van der Waals surface area contributed by atoms with Gasteiger partial charge < -0.3 is 10.2 Å². The normalized spacial score (nSPS) is 23.5. The molecule has 3 rings (SSSR count). The highest BCUT2D eigenvalue weighted by Gasteiger charge is 2.41. The first-order chi connectivity index (χ1) is 10.6. The number of hydrogen-bond donors (Lipinski definition) is 1. The van der Waals surface area contributed by atoms with Gasteiger partial charge in [-0.25, -0.2) is 8.42 Å². The van der Waals surface area contributed by atoms with E-state index in [0.29, 0.717) is 19.5 Å². The van der Waals surface area contributed by atoms with Crippen LogP contribution in [0.15, 0.2) is 18.5 Å². The van der Waals surface area contributed by atoms with Crippen LogP contribution in [0.2, 0.25) is 0 Å². The SMILES string of the molecule is O=C(CNCCn1cccn1)N(C1CC1)C1CCS(=O)(=O)C1. The van der Waals surface area contributed by atoms with E-state index in [1.54, 1.807) is 10.9 Å². The summed E-state index contributed by atoms with van der Waals surface area (Å²) in [6.45, 7) is 1.63. The van der Waals surface area contributed by atoms with Crippen molar-refractivity contribution in [1.29, 1.82) is 0 Å². The van der Waals surface area contributed by atoms with Crippen LogP contribution in [-0.4, -0.2) is 65.7 Å². The molecule has 0 aromatic carbocycles. The molecule has 1 unspecified atom stereocenters. The van der Waals surface area contributed by atoms with Crippen LogP contribution in [0.1, 0.15) is 19.3 Å². The first kappa shape index (κ1) is 15.5. The highest BCUT2D eigenvalue weighted by Crippen LogP contribution is 2.32. The number of hydrogen-bond acceptors (Lipinski definition) is 5. The fraction of sp³-hybridized carbons (Fsp3) is 0.714.